The summed E-state index contributed by atoms with van der Waals surface area (Å²) in [6, 6.07) is 2.07. The number of ether oxygens (including phenoxy) is 1. The van der Waals surface area contributed by atoms with E-state index in [2.05, 4.69) is 16.8 Å². The van der Waals surface area contributed by atoms with Gasteiger partial charge in [-0.2, -0.15) is 11.3 Å². The first-order chi connectivity index (χ1) is 8.26. The van der Waals surface area contributed by atoms with E-state index in [1.54, 1.807) is 11.3 Å². The highest BCUT2D eigenvalue weighted by atomic mass is 32.1. The third-order valence-electron chi connectivity index (χ3n) is 2.39. The topological polar surface area (TPSA) is 64.3 Å². The van der Waals surface area contributed by atoms with E-state index in [0.29, 0.717) is 26.1 Å². The zero-order chi connectivity index (χ0) is 12.5. The molecule has 0 saturated carbocycles. The van der Waals surface area contributed by atoms with E-state index < -0.39 is 0 Å². The summed E-state index contributed by atoms with van der Waals surface area (Å²) in [5.41, 5.74) is 6.77. The van der Waals surface area contributed by atoms with Crippen LogP contribution >= 0.6 is 11.3 Å². The van der Waals surface area contributed by atoms with Crippen LogP contribution in [0.1, 0.15) is 18.9 Å². The van der Waals surface area contributed by atoms with Crippen molar-refractivity contribution in [2.24, 2.45) is 5.73 Å². The molecule has 1 aromatic heterocycles. The van der Waals surface area contributed by atoms with Gasteiger partial charge in [0.15, 0.2) is 0 Å². The highest BCUT2D eigenvalue weighted by Crippen LogP contribution is 2.05. The minimum atomic E-state index is -0.166. The largest absolute Gasteiger partial charge is 0.377 e. The number of hydrogen-bond donors (Lipinski definition) is 2. The maximum absolute atomic E-state index is 11.6. The third-order valence-corrected chi connectivity index (χ3v) is 3.13. The van der Waals surface area contributed by atoms with Crippen LogP contribution in [0.2, 0.25) is 0 Å². The van der Waals surface area contributed by atoms with Crippen molar-refractivity contribution in [2.75, 3.05) is 19.7 Å². The first-order valence-electron chi connectivity index (χ1n) is 5.85. The number of rotatable bonds is 8. The molecule has 0 saturated heterocycles. The van der Waals surface area contributed by atoms with Crippen LogP contribution in [0, 0.1) is 0 Å². The average molecular weight is 256 g/mol. The molecule has 1 aromatic rings. The van der Waals surface area contributed by atoms with Crippen molar-refractivity contribution >= 4 is 17.2 Å². The molecule has 0 bridgehead atoms. The molecule has 0 spiro atoms. The molecule has 0 radical (unpaired) electrons. The fraction of sp³-hybridized carbons (Fsp3) is 0.583. The summed E-state index contributed by atoms with van der Waals surface area (Å²) < 4.78 is 5.33. The van der Waals surface area contributed by atoms with Crippen molar-refractivity contribution in [2.45, 2.75) is 25.9 Å². The van der Waals surface area contributed by atoms with Crippen LogP contribution in [0.3, 0.4) is 0 Å². The summed E-state index contributed by atoms with van der Waals surface area (Å²) >= 11 is 1.67. The smallest absolute Gasteiger partial charge is 0.222 e. The lowest BCUT2D eigenvalue weighted by atomic mass is 10.2. The molecule has 17 heavy (non-hydrogen) atoms. The van der Waals surface area contributed by atoms with E-state index >= 15 is 0 Å². The molecule has 1 rings (SSSR count). The first-order valence-corrected chi connectivity index (χ1v) is 6.80. The molecule has 0 aromatic carbocycles. The van der Waals surface area contributed by atoms with Gasteiger partial charge in [-0.15, -0.1) is 0 Å². The number of carbonyl (C=O) groups is 1. The Bertz CT molecular complexity index is 314. The highest BCUT2D eigenvalue weighted by molar-refractivity contribution is 7.07. The van der Waals surface area contributed by atoms with Crippen LogP contribution in [0.15, 0.2) is 16.8 Å². The van der Waals surface area contributed by atoms with Crippen LogP contribution in [-0.2, 0) is 16.0 Å². The summed E-state index contributed by atoms with van der Waals surface area (Å²) in [6.45, 7) is 3.53. The van der Waals surface area contributed by atoms with Gasteiger partial charge in [0.2, 0.25) is 5.91 Å². The second kappa shape index (κ2) is 8.22. The van der Waals surface area contributed by atoms with Crippen LogP contribution in [0.5, 0.6) is 0 Å². The van der Waals surface area contributed by atoms with Gasteiger partial charge in [0.05, 0.1) is 12.5 Å². The molecule has 1 atom stereocenters. The lowest BCUT2D eigenvalue weighted by Gasteiger charge is -2.14. The van der Waals surface area contributed by atoms with Crippen molar-refractivity contribution in [3.63, 3.8) is 0 Å². The maximum Gasteiger partial charge on any atom is 0.222 e. The number of thiophene rings is 1. The Kier molecular flexibility index (Phi) is 6.84. The molecule has 5 heteroatoms. The average Bonchev–Trinajstić information content (AvgIpc) is 2.81. The molecule has 1 unspecified atom stereocenters. The molecule has 0 aliphatic rings. The van der Waals surface area contributed by atoms with Crippen LogP contribution in [0.4, 0.5) is 0 Å². The van der Waals surface area contributed by atoms with E-state index in [9.17, 15) is 4.79 Å². The molecule has 1 heterocycles. The van der Waals surface area contributed by atoms with Crippen LogP contribution in [0.25, 0.3) is 0 Å². The third kappa shape index (κ3) is 5.81. The number of hydrogen-bond acceptors (Lipinski definition) is 4. The molecule has 4 nitrogen and oxygen atoms in total. The van der Waals surface area contributed by atoms with E-state index in [1.165, 1.54) is 5.56 Å². The molecular weight excluding hydrogens is 236 g/mol. The Morgan fingerprint density at radius 2 is 2.47 bits per heavy atom. The zero-order valence-corrected chi connectivity index (χ0v) is 11.0. The number of amides is 1. The number of nitrogens with two attached hydrogens (primary N) is 1. The quantitative estimate of drug-likeness (QED) is 0.733. The van der Waals surface area contributed by atoms with Crippen molar-refractivity contribution in [3.8, 4) is 0 Å². The summed E-state index contributed by atoms with van der Waals surface area (Å²) in [5, 5.41) is 7.00. The van der Waals surface area contributed by atoms with Crippen LogP contribution < -0.4 is 11.1 Å². The van der Waals surface area contributed by atoms with Gasteiger partial charge in [0.1, 0.15) is 0 Å². The Morgan fingerprint density at radius 3 is 3.06 bits per heavy atom. The summed E-state index contributed by atoms with van der Waals surface area (Å²) in [7, 11) is 0. The van der Waals surface area contributed by atoms with Gasteiger partial charge in [-0.3, -0.25) is 4.79 Å². The summed E-state index contributed by atoms with van der Waals surface area (Å²) in [5.74, 6) is 0.00382. The second-order valence-electron chi connectivity index (χ2n) is 3.75. The van der Waals surface area contributed by atoms with Gasteiger partial charge in [-0.25, -0.2) is 0 Å². The predicted octanol–water partition coefficient (Wildman–Crippen LogP) is 1.16. The van der Waals surface area contributed by atoms with Crippen LogP contribution in [-0.4, -0.2) is 31.7 Å². The molecular formula is C12H20N2O2S. The van der Waals surface area contributed by atoms with Gasteiger partial charge in [0.25, 0.3) is 0 Å². The Balaban J connectivity index is 2.16. The standard InChI is InChI=1S/C12H20N2O2S/c1-2-16-11(8-13)7-12(15)14-5-3-10-4-6-17-9-10/h4,6,9,11H,2-3,5,7-8,13H2,1H3,(H,14,15). The van der Waals surface area contributed by atoms with Crippen molar-refractivity contribution < 1.29 is 9.53 Å². The SMILES string of the molecule is CCOC(CN)CC(=O)NCCc1ccsc1. The minimum absolute atomic E-state index is 0.00382. The van der Waals surface area contributed by atoms with E-state index in [0.717, 1.165) is 6.42 Å². The molecule has 0 fully saturated rings. The fourth-order valence-corrected chi connectivity index (χ4v) is 2.21. The molecule has 96 valence electrons. The molecule has 0 aliphatic carbocycles. The number of carbonyl (C=O) groups excluding carboxylic acids is 1. The van der Waals surface area contributed by atoms with Crippen molar-refractivity contribution in [1.29, 1.82) is 0 Å². The van der Waals surface area contributed by atoms with Crippen molar-refractivity contribution in [1.82, 2.24) is 5.32 Å². The van der Waals surface area contributed by atoms with Gasteiger partial charge in [0, 0.05) is 19.7 Å². The van der Waals surface area contributed by atoms with E-state index in [1.807, 2.05) is 12.3 Å². The van der Waals surface area contributed by atoms with E-state index in [4.69, 9.17) is 10.5 Å². The molecule has 1 amide bonds. The highest BCUT2D eigenvalue weighted by Gasteiger charge is 2.11. The second-order valence-corrected chi connectivity index (χ2v) is 4.53. The Morgan fingerprint density at radius 1 is 1.65 bits per heavy atom. The maximum atomic E-state index is 11.6. The van der Waals surface area contributed by atoms with Gasteiger partial charge < -0.3 is 15.8 Å². The minimum Gasteiger partial charge on any atom is -0.377 e. The van der Waals surface area contributed by atoms with Crippen molar-refractivity contribution in [3.05, 3.63) is 22.4 Å². The lowest BCUT2D eigenvalue weighted by molar-refractivity contribution is -0.123. The van der Waals surface area contributed by atoms with Gasteiger partial charge in [-0.05, 0) is 35.7 Å². The molecule has 0 aliphatic heterocycles. The number of nitrogens with one attached hydrogen (secondary N) is 1. The van der Waals surface area contributed by atoms with E-state index in [-0.39, 0.29) is 12.0 Å². The molecule has 3 N–H and O–H groups in total. The Labute approximate surface area is 106 Å². The summed E-state index contributed by atoms with van der Waals surface area (Å²) in [4.78, 5) is 11.6. The lowest BCUT2D eigenvalue weighted by Crippen LogP contribution is -2.33. The monoisotopic (exact) mass is 256 g/mol. The normalized spacial score (nSPS) is 12.4. The van der Waals surface area contributed by atoms with Gasteiger partial charge in [-0.1, -0.05) is 0 Å². The zero-order valence-electron chi connectivity index (χ0n) is 10.1. The Hall–Kier alpha value is -0.910. The predicted molar refractivity (Wildman–Crippen MR) is 70.1 cm³/mol. The van der Waals surface area contributed by atoms with Gasteiger partial charge >= 0.3 is 0 Å². The first kappa shape index (κ1) is 14.2. The fourth-order valence-electron chi connectivity index (χ4n) is 1.51. The summed E-state index contributed by atoms with van der Waals surface area (Å²) in [6.07, 6.45) is 1.05.